The summed E-state index contributed by atoms with van der Waals surface area (Å²) in [6, 6.07) is 8.84. The third-order valence-electron chi connectivity index (χ3n) is 2.51. The normalized spacial score (nSPS) is 10.9. The van der Waals surface area contributed by atoms with Gasteiger partial charge in [0, 0.05) is 28.2 Å². The molecule has 0 spiro atoms. The van der Waals surface area contributed by atoms with Crippen LogP contribution in [0.2, 0.25) is 5.02 Å². The van der Waals surface area contributed by atoms with Crippen LogP contribution in [0.1, 0.15) is 0 Å². The Morgan fingerprint density at radius 1 is 1.12 bits per heavy atom. The Bertz CT molecular complexity index is 745. The molecule has 0 saturated heterocycles. The molecule has 3 rings (SSSR count). The van der Waals surface area contributed by atoms with Crippen molar-refractivity contribution < 1.29 is 0 Å². The van der Waals surface area contributed by atoms with Gasteiger partial charge in [0.15, 0.2) is 5.82 Å². The molecule has 0 amide bonds. The van der Waals surface area contributed by atoms with Crippen LogP contribution < -0.4 is 5.56 Å². The third-order valence-corrected chi connectivity index (χ3v) is 2.74. The van der Waals surface area contributed by atoms with Crippen molar-refractivity contribution >= 4 is 22.5 Å². The van der Waals surface area contributed by atoms with Crippen LogP contribution in [0, 0.1) is 0 Å². The molecule has 5 heteroatoms. The van der Waals surface area contributed by atoms with Crippen molar-refractivity contribution in [2.75, 3.05) is 0 Å². The Morgan fingerprint density at radius 3 is 2.82 bits per heavy atom. The molecule has 17 heavy (non-hydrogen) atoms. The number of nitrogens with one attached hydrogen (secondary N) is 2. The van der Waals surface area contributed by atoms with E-state index in [2.05, 4.69) is 15.0 Å². The van der Waals surface area contributed by atoms with Gasteiger partial charge in [-0.05, 0) is 24.3 Å². The molecule has 0 aliphatic carbocycles. The molecular formula is C12H8ClN3O. The third kappa shape index (κ3) is 1.83. The predicted molar refractivity (Wildman–Crippen MR) is 67.2 cm³/mol. The van der Waals surface area contributed by atoms with Gasteiger partial charge in [-0.25, -0.2) is 4.98 Å². The number of benzene rings is 1. The van der Waals surface area contributed by atoms with Gasteiger partial charge in [0.25, 0.3) is 5.56 Å². The number of hydrogen-bond acceptors (Lipinski definition) is 2. The molecule has 84 valence electrons. The summed E-state index contributed by atoms with van der Waals surface area (Å²) in [4.78, 5) is 21.2. The van der Waals surface area contributed by atoms with Gasteiger partial charge in [0.2, 0.25) is 0 Å². The van der Waals surface area contributed by atoms with Gasteiger partial charge in [-0.2, -0.15) is 0 Å². The van der Waals surface area contributed by atoms with Crippen LogP contribution in [0.4, 0.5) is 0 Å². The lowest BCUT2D eigenvalue weighted by molar-refractivity contribution is 1.11. The zero-order chi connectivity index (χ0) is 11.8. The minimum absolute atomic E-state index is 0.174. The average Bonchev–Trinajstić information content (AvgIpc) is 2.72. The summed E-state index contributed by atoms with van der Waals surface area (Å²) in [5.41, 5.74) is 1.54. The van der Waals surface area contributed by atoms with E-state index in [1.54, 1.807) is 0 Å². The fourth-order valence-electron chi connectivity index (χ4n) is 1.74. The molecule has 1 aromatic carbocycles. The van der Waals surface area contributed by atoms with Crippen LogP contribution in [0.3, 0.4) is 0 Å². The molecule has 0 radical (unpaired) electrons. The van der Waals surface area contributed by atoms with Crippen LogP contribution in [-0.2, 0) is 0 Å². The summed E-state index contributed by atoms with van der Waals surface area (Å²) in [6.45, 7) is 0. The summed E-state index contributed by atoms with van der Waals surface area (Å²) < 4.78 is 0. The minimum Gasteiger partial charge on any atom is -0.352 e. The van der Waals surface area contributed by atoms with E-state index in [4.69, 9.17) is 11.6 Å². The van der Waals surface area contributed by atoms with Gasteiger partial charge < -0.3 is 9.97 Å². The lowest BCUT2D eigenvalue weighted by Crippen LogP contribution is -2.05. The highest BCUT2D eigenvalue weighted by Crippen LogP contribution is 2.23. The molecule has 0 atom stereocenters. The van der Waals surface area contributed by atoms with Crippen molar-refractivity contribution in [1.82, 2.24) is 15.0 Å². The van der Waals surface area contributed by atoms with Crippen LogP contribution >= 0.6 is 11.6 Å². The van der Waals surface area contributed by atoms with Gasteiger partial charge in [0.05, 0.1) is 5.69 Å². The smallest absolute Gasteiger partial charge is 0.251 e. The first-order valence-electron chi connectivity index (χ1n) is 5.06. The quantitative estimate of drug-likeness (QED) is 0.692. The first-order chi connectivity index (χ1) is 8.22. The van der Waals surface area contributed by atoms with E-state index in [0.717, 1.165) is 16.6 Å². The van der Waals surface area contributed by atoms with Crippen LogP contribution in [-0.4, -0.2) is 15.0 Å². The fourth-order valence-corrected chi connectivity index (χ4v) is 1.92. The van der Waals surface area contributed by atoms with Gasteiger partial charge in [0.1, 0.15) is 0 Å². The van der Waals surface area contributed by atoms with E-state index >= 15 is 0 Å². The lowest BCUT2D eigenvalue weighted by atomic mass is 10.2. The van der Waals surface area contributed by atoms with E-state index in [1.807, 2.05) is 24.3 Å². The maximum absolute atomic E-state index is 11.2. The monoisotopic (exact) mass is 245 g/mol. The summed E-state index contributed by atoms with van der Waals surface area (Å²) in [6.07, 6.45) is 1.48. The highest BCUT2D eigenvalue weighted by molar-refractivity contribution is 6.31. The first kappa shape index (κ1) is 10.1. The molecule has 0 bridgehead atoms. The average molecular weight is 246 g/mol. The van der Waals surface area contributed by atoms with Crippen molar-refractivity contribution in [1.29, 1.82) is 0 Å². The minimum atomic E-state index is -0.174. The largest absolute Gasteiger partial charge is 0.352 e. The number of hydrogen-bond donors (Lipinski definition) is 2. The van der Waals surface area contributed by atoms with E-state index in [1.165, 1.54) is 12.3 Å². The molecule has 2 aromatic heterocycles. The molecule has 2 N–H and O–H groups in total. The Morgan fingerprint density at radius 2 is 2.00 bits per heavy atom. The van der Waals surface area contributed by atoms with Crippen molar-refractivity contribution in [3.8, 4) is 11.5 Å². The SMILES string of the molecule is O=c1ccnc(-c2cc3cc(Cl)ccc3[nH]2)[nH]1. The number of aromatic amines is 2. The molecular weight excluding hydrogens is 238 g/mol. The second-order valence-electron chi connectivity index (χ2n) is 3.70. The van der Waals surface area contributed by atoms with Crippen LogP contribution in [0.5, 0.6) is 0 Å². The zero-order valence-electron chi connectivity index (χ0n) is 8.70. The Labute approximate surface area is 101 Å². The Hall–Kier alpha value is -2.07. The molecule has 0 aliphatic rings. The van der Waals surface area contributed by atoms with Crippen molar-refractivity contribution in [3.05, 3.63) is 51.9 Å². The highest BCUT2D eigenvalue weighted by Gasteiger charge is 2.05. The first-order valence-corrected chi connectivity index (χ1v) is 5.44. The van der Waals surface area contributed by atoms with Crippen LogP contribution in [0.25, 0.3) is 22.4 Å². The molecule has 3 aromatic rings. The van der Waals surface area contributed by atoms with E-state index in [9.17, 15) is 4.79 Å². The van der Waals surface area contributed by atoms with Gasteiger partial charge in [-0.15, -0.1) is 0 Å². The predicted octanol–water partition coefficient (Wildman–Crippen LogP) is 2.57. The molecule has 0 fully saturated rings. The second-order valence-corrected chi connectivity index (χ2v) is 4.13. The van der Waals surface area contributed by atoms with Gasteiger partial charge in [-0.1, -0.05) is 11.6 Å². The number of rotatable bonds is 1. The highest BCUT2D eigenvalue weighted by atomic mass is 35.5. The summed E-state index contributed by atoms with van der Waals surface area (Å²) in [5.74, 6) is 0.518. The maximum Gasteiger partial charge on any atom is 0.251 e. The number of aromatic nitrogens is 3. The van der Waals surface area contributed by atoms with E-state index in [0.29, 0.717) is 10.8 Å². The lowest BCUT2D eigenvalue weighted by Gasteiger charge is -1.94. The van der Waals surface area contributed by atoms with E-state index in [-0.39, 0.29) is 5.56 Å². The molecule has 0 unspecified atom stereocenters. The van der Waals surface area contributed by atoms with E-state index < -0.39 is 0 Å². The number of nitrogens with zero attached hydrogens (tertiary/aromatic N) is 1. The van der Waals surface area contributed by atoms with Crippen LogP contribution in [0.15, 0.2) is 41.3 Å². The maximum atomic E-state index is 11.2. The summed E-state index contributed by atoms with van der Waals surface area (Å²) >= 11 is 5.91. The van der Waals surface area contributed by atoms with Crippen molar-refractivity contribution in [3.63, 3.8) is 0 Å². The Kier molecular flexibility index (Phi) is 2.23. The fraction of sp³-hybridized carbons (Fsp3) is 0. The number of halogens is 1. The second kappa shape index (κ2) is 3.75. The Balaban J connectivity index is 2.21. The molecule has 4 nitrogen and oxygen atoms in total. The number of fused-ring (bicyclic) bond motifs is 1. The van der Waals surface area contributed by atoms with Gasteiger partial charge >= 0.3 is 0 Å². The molecule has 0 aliphatic heterocycles. The topological polar surface area (TPSA) is 61.5 Å². The molecule has 0 saturated carbocycles. The standard InChI is InChI=1S/C12H8ClN3O/c13-8-1-2-9-7(5-8)6-10(15-9)12-14-4-3-11(17)16-12/h1-6,15H,(H,14,16,17). The molecule has 2 heterocycles. The number of H-pyrrole nitrogens is 2. The van der Waals surface area contributed by atoms with Crippen molar-refractivity contribution in [2.24, 2.45) is 0 Å². The zero-order valence-corrected chi connectivity index (χ0v) is 9.45. The summed E-state index contributed by atoms with van der Waals surface area (Å²) in [5, 5.41) is 1.66. The van der Waals surface area contributed by atoms with Crippen molar-refractivity contribution in [2.45, 2.75) is 0 Å². The summed E-state index contributed by atoms with van der Waals surface area (Å²) in [7, 11) is 0. The van der Waals surface area contributed by atoms with Gasteiger partial charge in [-0.3, -0.25) is 4.79 Å².